The lowest BCUT2D eigenvalue weighted by Gasteiger charge is -2.15. The Kier molecular flexibility index (Phi) is 5.73. The van der Waals surface area contributed by atoms with Crippen LogP contribution in [0.4, 0.5) is 0 Å². The van der Waals surface area contributed by atoms with Crippen LogP contribution < -0.4 is 0 Å². The molecular weight excluding hydrogens is 553 g/mol. The molecule has 0 aliphatic carbocycles. The van der Waals surface area contributed by atoms with Crippen molar-refractivity contribution in [1.82, 2.24) is 0 Å². The van der Waals surface area contributed by atoms with Crippen molar-refractivity contribution in [2.45, 2.75) is 0 Å². The van der Waals surface area contributed by atoms with Crippen LogP contribution >= 0.6 is 0 Å². The molecule has 46 heavy (non-hydrogen) atoms. The monoisotopic (exact) mass is 578 g/mol. The molecule has 0 fully saturated rings. The van der Waals surface area contributed by atoms with Gasteiger partial charge < -0.3 is 0 Å². The van der Waals surface area contributed by atoms with Crippen LogP contribution in [0.1, 0.15) is 11.1 Å². The van der Waals surface area contributed by atoms with Crippen LogP contribution in [0.3, 0.4) is 0 Å². The zero-order valence-corrected chi connectivity index (χ0v) is 25.0. The zero-order chi connectivity index (χ0) is 30.8. The van der Waals surface area contributed by atoms with Crippen LogP contribution in [-0.2, 0) is 0 Å². The van der Waals surface area contributed by atoms with Gasteiger partial charge in [0.2, 0.25) is 0 Å². The zero-order valence-electron chi connectivity index (χ0n) is 25.0. The Morgan fingerprint density at radius 2 is 0.630 bits per heavy atom. The fraction of sp³-hybridized carbons (Fsp3) is 0. The number of hydrogen-bond acceptors (Lipinski definition) is 0. The van der Waals surface area contributed by atoms with Crippen LogP contribution in [0.15, 0.2) is 146 Å². The van der Waals surface area contributed by atoms with Gasteiger partial charge in [-0.25, -0.2) is 0 Å². The molecule has 0 N–H and O–H groups in total. The van der Waals surface area contributed by atoms with Crippen molar-refractivity contribution in [2.75, 3.05) is 0 Å². The third-order valence-corrected chi connectivity index (χ3v) is 9.46. The van der Waals surface area contributed by atoms with Gasteiger partial charge in [-0.3, -0.25) is 0 Å². The van der Waals surface area contributed by atoms with Crippen molar-refractivity contribution in [3.63, 3.8) is 0 Å². The highest BCUT2D eigenvalue weighted by molar-refractivity contribution is 6.11. The highest BCUT2D eigenvalue weighted by Gasteiger charge is 2.14. The number of rotatable bonds is 2. The Balaban J connectivity index is 1.23. The highest BCUT2D eigenvalue weighted by atomic mass is 14.2. The fourth-order valence-corrected chi connectivity index (χ4v) is 7.20. The predicted molar refractivity (Wildman–Crippen MR) is 198 cm³/mol. The average Bonchev–Trinajstić information content (AvgIpc) is 3.10. The van der Waals surface area contributed by atoms with Crippen molar-refractivity contribution in [1.29, 1.82) is 0 Å². The summed E-state index contributed by atoms with van der Waals surface area (Å²) < 4.78 is 0. The molecule has 0 aromatic heterocycles. The molecule has 210 valence electrons. The Bertz CT molecular complexity index is 2600. The molecule has 0 bridgehead atoms. The van der Waals surface area contributed by atoms with E-state index < -0.39 is 0 Å². The first-order chi connectivity index (χ1) is 22.7. The molecule has 0 aliphatic heterocycles. The molecule has 0 aliphatic rings. The summed E-state index contributed by atoms with van der Waals surface area (Å²) in [5.41, 5.74) is 6.09. The SMILES string of the molecule is C#Cc1ccc2cc3cc4ccccc4cc3cc2c1-c1ccc(-c2c(C#C)ccc3cc4cc5ccccc5cc4cc23)cc1. The van der Waals surface area contributed by atoms with E-state index in [1.165, 1.54) is 53.9 Å². The molecule has 0 amide bonds. The molecule has 0 saturated carbocycles. The second-order valence-corrected chi connectivity index (χ2v) is 12.1. The van der Waals surface area contributed by atoms with Gasteiger partial charge in [-0.15, -0.1) is 12.8 Å². The summed E-state index contributed by atoms with van der Waals surface area (Å²) in [4.78, 5) is 0. The largest absolute Gasteiger partial charge is 0.115 e. The summed E-state index contributed by atoms with van der Waals surface area (Å²) in [5, 5.41) is 14.4. The summed E-state index contributed by atoms with van der Waals surface area (Å²) in [7, 11) is 0. The maximum atomic E-state index is 6.10. The number of hydrogen-bond donors (Lipinski definition) is 0. The minimum atomic E-state index is 0.883. The van der Waals surface area contributed by atoms with E-state index in [9.17, 15) is 0 Å². The lowest BCUT2D eigenvalue weighted by atomic mass is 9.88. The molecule has 0 radical (unpaired) electrons. The summed E-state index contributed by atoms with van der Waals surface area (Å²) in [6, 6.07) is 52.4. The van der Waals surface area contributed by atoms with Crippen LogP contribution in [-0.4, -0.2) is 0 Å². The van der Waals surface area contributed by atoms with E-state index in [0.29, 0.717) is 0 Å². The normalized spacial score (nSPS) is 11.4. The lowest BCUT2D eigenvalue weighted by molar-refractivity contribution is 1.60. The standard InChI is InChI=1S/C46H26/c1-3-29-13-19-37-25-39-21-33-9-5-7-11-35(33)23-41(39)27-43(37)45(29)31-15-17-32(18-16-31)46-30(4-2)14-20-38-26-40-22-34-10-6-8-12-36(34)24-42(40)28-44(38)46/h1-2,5-28H. The minimum Gasteiger partial charge on any atom is -0.115 e. The van der Waals surface area contributed by atoms with Gasteiger partial charge in [-0.1, -0.05) is 96.8 Å². The third-order valence-electron chi connectivity index (χ3n) is 9.46. The average molecular weight is 579 g/mol. The van der Waals surface area contributed by atoms with Gasteiger partial charge in [-0.05, 0) is 136 Å². The van der Waals surface area contributed by atoms with E-state index in [4.69, 9.17) is 12.8 Å². The maximum Gasteiger partial charge on any atom is 0.0327 e. The number of terminal acetylenes is 2. The number of benzene rings is 9. The van der Waals surface area contributed by atoms with Gasteiger partial charge in [0, 0.05) is 22.3 Å². The van der Waals surface area contributed by atoms with Crippen LogP contribution in [0.2, 0.25) is 0 Å². The van der Waals surface area contributed by atoms with Crippen LogP contribution in [0, 0.1) is 24.7 Å². The van der Waals surface area contributed by atoms with Crippen LogP contribution in [0.5, 0.6) is 0 Å². The van der Waals surface area contributed by atoms with E-state index in [-0.39, 0.29) is 0 Å². The Morgan fingerprint density at radius 3 is 0.978 bits per heavy atom. The first kappa shape index (κ1) is 26.1. The summed E-state index contributed by atoms with van der Waals surface area (Å²) >= 11 is 0. The molecule has 0 heterocycles. The van der Waals surface area contributed by atoms with Gasteiger partial charge in [0.15, 0.2) is 0 Å². The fourth-order valence-electron chi connectivity index (χ4n) is 7.20. The van der Waals surface area contributed by atoms with E-state index >= 15 is 0 Å². The first-order valence-corrected chi connectivity index (χ1v) is 15.5. The molecule has 0 atom stereocenters. The van der Waals surface area contributed by atoms with Gasteiger partial charge in [-0.2, -0.15) is 0 Å². The maximum absolute atomic E-state index is 6.10. The van der Waals surface area contributed by atoms with Crippen molar-refractivity contribution < 1.29 is 0 Å². The molecule has 0 nitrogen and oxygen atoms in total. The summed E-state index contributed by atoms with van der Waals surface area (Å²) in [6.45, 7) is 0. The molecule has 9 aromatic carbocycles. The lowest BCUT2D eigenvalue weighted by Crippen LogP contribution is -1.91. The predicted octanol–water partition coefficient (Wildman–Crippen LogP) is 11.9. The van der Waals surface area contributed by atoms with Crippen molar-refractivity contribution in [3.8, 4) is 46.9 Å². The second-order valence-electron chi connectivity index (χ2n) is 12.1. The smallest absolute Gasteiger partial charge is 0.0327 e. The Hall–Kier alpha value is -6.34. The molecule has 0 unspecified atom stereocenters. The van der Waals surface area contributed by atoms with E-state index in [1.54, 1.807) is 0 Å². The summed E-state index contributed by atoms with van der Waals surface area (Å²) in [6.07, 6.45) is 12.2. The molecule has 0 saturated heterocycles. The van der Waals surface area contributed by atoms with Crippen molar-refractivity contribution >= 4 is 64.6 Å². The summed E-state index contributed by atoms with van der Waals surface area (Å²) in [5.74, 6) is 5.91. The molecule has 9 aromatic rings. The Morgan fingerprint density at radius 1 is 0.304 bits per heavy atom. The van der Waals surface area contributed by atoms with E-state index in [2.05, 4.69) is 157 Å². The Labute approximate surface area is 267 Å². The second kappa shape index (κ2) is 10.1. The van der Waals surface area contributed by atoms with E-state index in [1.807, 2.05) is 0 Å². The molecule has 0 heteroatoms. The van der Waals surface area contributed by atoms with Gasteiger partial charge in [0.25, 0.3) is 0 Å². The quantitative estimate of drug-likeness (QED) is 0.141. The molecule has 9 rings (SSSR count). The topological polar surface area (TPSA) is 0 Å². The van der Waals surface area contributed by atoms with E-state index in [0.717, 1.165) is 44.2 Å². The third kappa shape index (κ3) is 4.06. The molecular formula is C46H26. The molecule has 0 spiro atoms. The minimum absolute atomic E-state index is 0.883. The van der Waals surface area contributed by atoms with Gasteiger partial charge in [0.05, 0.1) is 0 Å². The number of fused-ring (bicyclic) bond motifs is 6. The van der Waals surface area contributed by atoms with Gasteiger partial charge >= 0.3 is 0 Å². The van der Waals surface area contributed by atoms with Crippen molar-refractivity contribution in [2.24, 2.45) is 0 Å². The van der Waals surface area contributed by atoms with Crippen LogP contribution in [0.25, 0.3) is 86.9 Å². The van der Waals surface area contributed by atoms with Gasteiger partial charge in [0.1, 0.15) is 0 Å². The first-order valence-electron chi connectivity index (χ1n) is 15.5. The van der Waals surface area contributed by atoms with Crippen molar-refractivity contribution in [3.05, 3.63) is 157 Å². The highest BCUT2D eigenvalue weighted by Crippen LogP contribution is 2.39.